The van der Waals surface area contributed by atoms with E-state index in [-0.39, 0.29) is 116 Å². The number of hydrogen-bond donors (Lipinski definition) is 33. The van der Waals surface area contributed by atoms with Crippen molar-refractivity contribution in [2.24, 2.45) is 69.5 Å². The van der Waals surface area contributed by atoms with Gasteiger partial charge in [0.1, 0.15) is 96.7 Å². The van der Waals surface area contributed by atoms with Gasteiger partial charge in [0.25, 0.3) is 0 Å². The molecular weight excluding hydrogens is 1850 g/mol. The molecule has 1 aliphatic rings. The molecule has 1 saturated heterocycles. The number of aliphatic hydroxyl groups is 3. The van der Waals surface area contributed by atoms with E-state index in [0.29, 0.717) is 0 Å². The van der Waals surface area contributed by atoms with Crippen LogP contribution in [0, 0.1) is 34.5 Å². The number of nitrogens with two attached hydrogens (primary N) is 8. The quantitative estimate of drug-likeness (QED) is 0.0153. The highest BCUT2D eigenvalue weighted by atomic mass is 16.4. The minimum Gasteiger partial charge on any atom is -0.481 e. The van der Waals surface area contributed by atoms with Crippen LogP contribution in [-0.2, 0) is 110 Å². The second-order valence-corrected chi connectivity index (χ2v) is 35.1. The standard InChI is InChI=1S/C83H144N28O29/c1-11-39(8)62(108-65(123)42(85)21-23-55(86)115)77(135)109-64(41(10)114)79(137)110-63(40(9)113)78(136)107-61(38(6)7)76(134)104-48(30-37(4)5)70(128)102-49(31-57(88)117)71(129)98-45(22-24-56(87)116)68(126)100-47(29-36(2)3)69(127)96-43(17-12-13-25-84)67(125)101-50(32-58(89)118)72(130)105-52(34-60(121)122)80(138)111-28-16-20-54(111)75(133)103-51(33-59(119)120)73(131)106-53(35-112)74(132)97-44(18-14-26-94-82(90)91)66(124)99-46(81(139)140)19-15-27-95-83(92)93/h36-54,61-64,112-114H,11-35,84-85H2,1-10H3,(H2,86,115)(H2,87,116)(H2,88,117)(H2,89,118)(H,96,127)(H,97,132)(H,98,129)(H,99,124)(H,100,126)(H,101,125)(H,102,128)(H,103,133)(H,104,134)(H,105,130)(H,106,131)(H,107,136)(H,108,123)(H,109,135)(H,110,137)(H,119,120)(H,121,122)(H,139,140)(H4,90,91,94)(H4,92,93,95)/t39-,40+,41+,42-,43-,44-,45-,46-,47-,48-,49-,50-,51-,52-,53-,54-,61-,62-,63-,64-/m0/s1. The summed E-state index contributed by atoms with van der Waals surface area (Å²) in [5.74, 6) is -32.0. The average molecular weight is 2000 g/mol. The van der Waals surface area contributed by atoms with Crippen LogP contribution in [0.5, 0.6) is 0 Å². The number of carboxylic acid groups (broad SMARTS) is 3. The fraction of sp³-hybridized carbons (Fsp3) is 0.699. The molecule has 0 saturated carbocycles. The van der Waals surface area contributed by atoms with Crippen molar-refractivity contribution in [2.75, 3.05) is 32.8 Å². The summed E-state index contributed by atoms with van der Waals surface area (Å²) in [6, 6.07) is -30.4. The molecule has 790 valence electrons. The molecule has 1 fully saturated rings. The summed E-state index contributed by atoms with van der Waals surface area (Å²) in [7, 11) is 0. The number of amides is 20. The summed E-state index contributed by atoms with van der Waals surface area (Å²) in [6.07, 6.45) is -10.9. The first kappa shape index (κ1) is 124. The molecule has 1 rings (SSSR count). The van der Waals surface area contributed by atoms with E-state index in [1.165, 1.54) is 13.8 Å². The molecule has 20 atom stereocenters. The van der Waals surface area contributed by atoms with E-state index < -0.39 is 332 Å². The first-order valence-electron chi connectivity index (χ1n) is 45.6. The van der Waals surface area contributed by atoms with Gasteiger partial charge in [-0.15, -0.1) is 0 Å². The van der Waals surface area contributed by atoms with Crippen LogP contribution in [-0.4, -0.2) is 331 Å². The van der Waals surface area contributed by atoms with Gasteiger partial charge >= 0.3 is 17.9 Å². The van der Waals surface area contributed by atoms with Crippen molar-refractivity contribution < 1.29 is 141 Å². The van der Waals surface area contributed by atoms with Gasteiger partial charge in [-0.3, -0.25) is 116 Å². The fourth-order valence-corrected chi connectivity index (χ4v) is 14.0. The zero-order valence-electron chi connectivity index (χ0n) is 80.1. The summed E-state index contributed by atoms with van der Waals surface area (Å²) in [5.41, 5.74) is 44.1. The van der Waals surface area contributed by atoms with Gasteiger partial charge in [0.2, 0.25) is 118 Å². The summed E-state index contributed by atoms with van der Waals surface area (Å²) in [6.45, 7) is 13.1. The molecule has 1 aliphatic heterocycles. The second kappa shape index (κ2) is 62.9. The van der Waals surface area contributed by atoms with Crippen LogP contribution < -0.4 is 136 Å². The van der Waals surface area contributed by atoms with Crippen molar-refractivity contribution in [1.29, 1.82) is 10.8 Å². The lowest BCUT2D eigenvalue weighted by Crippen LogP contribution is -2.64. The predicted molar refractivity (Wildman–Crippen MR) is 493 cm³/mol. The highest BCUT2D eigenvalue weighted by Gasteiger charge is 2.45. The summed E-state index contributed by atoms with van der Waals surface area (Å²) in [4.78, 5) is 313. The molecule has 0 aromatic carbocycles. The van der Waals surface area contributed by atoms with Crippen LogP contribution in [0.2, 0.25) is 0 Å². The largest absolute Gasteiger partial charge is 0.481 e. The zero-order valence-corrected chi connectivity index (χ0v) is 80.1. The molecule has 57 heteroatoms. The number of carboxylic acids is 3. The number of nitrogens with one attached hydrogen (secondary N) is 19. The first-order chi connectivity index (χ1) is 65.3. The molecule has 0 radical (unpaired) electrons. The van der Waals surface area contributed by atoms with Gasteiger partial charge in [-0.25, -0.2) is 4.79 Å². The number of unbranched alkanes of at least 4 members (excludes halogenated alkanes) is 1. The van der Waals surface area contributed by atoms with E-state index in [1.807, 2.05) is 0 Å². The third kappa shape index (κ3) is 46.5. The normalized spacial score (nSPS) is 16.3. The number of nitrogens with zero attached hydrogens (tertiary/aromatic N) is 1. The fourth-order valence-electron chi connectivity index (χ4n) is 14.0. The van der Waals surface area contributed by atoms with E-state index in [2.05, 4.69) is 90.4 Å². The monoisotopic (exact) mass is 2000 g/mol. The number of primary amides is 4. The minimum atomic E-state index is -2.18. The van der Waals surface area contributed by atoms with Gasteiger partial charge in [0.15, 0.2) is 11.9 Å². The molecule has 0 bridgehead atoms. The topological polar surface area (TPSA) is 978 Å². The van der Waals surface area contributed by atoms with Crippen molar-refractivity contribution >= 4 is 148 Å². The van der Waals surface area contributed by atoms with Gasteiger partial charge in [0.05, 0.1) is 50.5 Å². The molecule has 0 aromatic rings. The minimum absolute atomic E-state index is 0.0110. The van der Waals surface area contributed by atoms with Crippen LogP contribution in [0.25, 0.3) is 0 Å². The number of likely N-dealkylation sites (tertiary alicyclic amines) is 1. The predicted octanol–water partition coefficient (Wildman–Crippen LogP) is -12.9. The van der Waals surface area contributed by atoms with E-state index in [4.69, 9.17) is 56.7 Å². The molecule has 0 aromatic heterocycles. The third-order valence-corrected chi connectivity index (χ3v) is 21.7. The molecule has 41 N–H and O–H groups in total. The Morgan fingerprint density at radius 2 is 0.707 bits per heavy atom. The maximum absolute atomic E-state index is 14.7. The molecule has 0 unspecified atom stereocenters. The van der Waals surface area contributed by atoms with Crippen molar-refractivity contribution in [1.82, 2.24) is 95.3 Å². The molecule has 0 spiro atoms. The lowest BCUT2D eigenvalue weighted by Gasteiger charge is -2.31. The number of guanidine groups is 2. The van der Waals surface area contributed by atoms with Crippen molar-refractivity contribution in [3.8, 4) is 0 Å². The smallest absolute Gasteiger partial charge is 0.326 e. The molecular formula is C83H144N28O29. The SMILES string of the molecule is CC[C@H](C)[C@H](NC(=O)[C@@H](N)CCC(N)=O)C(=O)N[C@H](C(=O)N[C@H](C(=O)N[C@H](C(=O)N[C@@H](CC(C)C)C(=O)N[C@@H](CC(N)=O)C(=O)N[C@@H](CCC(N)=O)C(=O)N[C@@H](CC(C)C)C(=O)N[C@@H](CCCCN)C(=O)N[C@@H](CC(N)=O)C(=O)N[C@@H](CC(=O)O)C(=O)N1CCC[C@H]1C(=O)N[C@@H](CC(=O)O)C(=O)N[C@@H](CO)C(=O)N[C@@H](CCCNC(=N)N)C(=O)N[C@@H](CCCNC(=N)N)C(=O)O)C(C)C)[C@@H](C)O)[C@@H](C)O. The third-order valence-electron chi connectivity index (χ3n) is 21.7. The Morgan fingerprint density at radius 1 is 0.371 bits per heavy atom. The van der Waals surface area contributed by atoms with Crippen LogP contribution in [0.3, 0.4) is 0 Å². The number of rotatable bonds is 68. The molecule has 1 heterocycles. The van der Waals surface area contributed by atoms with Crippen LogP contribution >= 0.6 is 0 Å². The lowest BCUT2D eigenvalue weighted by atomic mass is 9.96. The second-order valence-electron chi connectivity index (χ2n) is 35.1. The first-order valence-corrected chi connectivity index (χ1v) is 45.6. The number of aliphatic hydroxyl groups excluding tert-OH is 3. The highest BCUT2D eigenvalue weighted by Crippen LogP contribution is 2.22. The summed E-state index contributed by atoms with van der Waals surface area (Å²) in [5, 5.41) is 116. The van der Waals surface area contributed by atoms with Crippen LogP contribution in [0.1, 0.15) is 198 Å². The Labute approximate surface area is 806 Å². The Kier molecular flexibility index (Phi) is 55.8. The Balaban J connectivity index is 3.71. The van der Waals surface area contributed by atoms with E-state index >= 15 is 0 Å². The maximum atomic E-state index is 14.7. The average Bonchev–Trinajstić information content (AvgIpc) is 1.63. The van der Waals surface area contributed by atoms with E-state index in [9.17, 15) is 141 Å². The zero-order chi connectivity index (χ0) is 107. The lowest BCUT2D eigenvalue weighted by molar-refractivity contribution is -0.147. The molecule has 57 nitrogen and oxygen atoms in total. The Morgan fingerprint density at radius 3 is 1.10 bits per heavy atom. The van der Waals surface area contributed by atoms with Crippen molar-refractivity contribution in [3.05, 3.63) is 0 Å². The van der Waals surface area contributed by atoms with E-state index in [0.717, 1.165) is 18.7 Å². The molecule has 20 amide bonds. The number of carbonyl (C=O) groups is 23. The highest BCUT2D eigenvalue weighted by molar-refractivity contribution is 6.03. The number of aliphatic carboxylic acids is 3. The molecule has 140 heavy (non-hydrogen) atoms. The Bertz CT molecular complexity index is 4330. The van der Waals surface area contributed by atoms with Gasteiger partial charge in [-0.1, -0.05) is 61.8 Å². The van der Waals surface area contributed by atoms with Crippen molar-refractivity contribution in [3.63, 3.8) is 0 Å². The Hall–Kier alpha value is -13.8. The number of hydrogen-bond acceptors (Lipinski definition) is 30. The van der Waals surface area contributed by atoms with Crippen LogP contribution in [0.15, 0.2) is 0 Å². The van der Waals surface area contributed by atoms with Gasteiger partial charge in [-0.05, 0) is 128 Å². The summed E-state index contributed by atoms with van der Waals surface area (Å²) < 4.78 is 0. The van der Waals surface area contributed by atoms with Crippen molar-refractivity contribution in [2.45, 2.75) is 313 Å². The van der Waals surface area contributed by atoms with Gasteiger partial charge in [0, 0.05) is 32.5 Å². The van der Waals surface area contributed by atoms with Crippen LogP contribution in [0.4, 0.5) is 0 Å². The molecule has 0 aliphatic carbocycles. The van der Waals surface area contributed by atoms with Gasteiger partial charge < -0.3 is 172 Å². The van der Waals surface area contributed by atoms with Gasteiger partial charge in [-0.2, -0.15) is 0 Å². The number of carbonyl (C=O) groups excluding carboxylic acids is 20. The summed E-state index contributed by atoms with van der Waals surface area (Å²) >= 11 is 0. The van der Waals surface area contributed by atoms with E-state index in [1.54, 1.807) is 41.5 Å². The maximum Gasteiger partial charge on any atom is 0.326 e.